The van der Waals surface area contributed by atoms with Crippen molar-refractivity contribution in [2.24, 2.45) is 7.05 Å². The van der Waals surface area contributed by atoms with Crippen molar-refractivity contribution in [2.45, 2.75) is 25.8 Å². The van der Waals surface area contributed by atoms with Crippen molar-refractivity contribution in [2.75, 3.05) is 25.0 Å². The molecule has 1 aliphatic rings. The number of carbonyl (C=O) groups is 1. The lowest BCUT2D eigenvalue weighted by atomic mass is 10.1. The highest BCUT2D eigenvalue weighted by Crippen LogP contribution is 2.23. The third kappa shape index (κ3) is 3.57. The molecule has 4 nitrogen and oxygen atoms in total. The van der Waals surface area contributed by atoms with Gasteiger partial charge >= 0.3 is 0 Å². The van der Waals surface area contributed by atoms with E-state index in [2.05, 4.69) is 29.2 Å². The predicted molar refractivity (Wildman–Crippen MR) is 111 cm³/mol. The number of para-hydroxylation sites is 1. The number of carbonyl (C=O) groups excluding carboxylic acids is 1. The number of nitrogens with zero attached hydrogens (tertiary/aromatic N) is 3. The third-order valence-electron chi connectivity index (χ3n) is 5.55. The van der Waals surface area contributed by atoms with Gasteiger partial charge in [0.2, 0.25) is 0 Å². The van der Waals surface area contributed by atoms with Gasteiger partial charge in [-0.3, -0.25) is 4.79 Å². The lowest BCUT2D eigenvalue weighted by Gasteiger charge is -2.29. The van der Waals surface area contributed by atoms with Gasteiger partial charge in [0, 0.05) is 56.5 Å². The van der Waals surface area contributed by atoms with Crippen molar-refractivity contribution >= 4 is 22.5 Å². The average Bonchev–Trinajstić information content (AvgIpc) is 3.05. The van der Waals surface area contributed by atoms with E-state index in [-0.39, 0.29) is 5.91 Å². The summed E-state index contributed by atoms with van der Waals surface area (Å²) in [6, 6.07) is 16.7. The number of anilines is 1. The molecule has 0 aliphatic carbocycles. The fourth-order valence-electron chi connectivity index (χ4n) is 4.03. The highest BCUT2D eigenvalue weighted by atomic mass is 16.2. The van der Waals surface area contributed by atoms with E-state index in [1.165, 1.54) is 24.9 Å². The van der Waals surface area contributed by atoms with Crippen molar-refractivity contribution in [1.29, 1.82) is 0 Å². The van der Waals surface area contributed by atoms with Crippen molar-refractivity contribution in [3.63, 3.8) is 0 Å². The molecule has 0 unspecified atom stereocenters. The Morgan fingerprint density at radius 3 is 2.44 bits per heavy atom. The Bertz CT molecular complexity index is 936. The molecule has 0 saturated carbocycles. The Balaban J connectivity index is 1.48. The smallest absolute Gasteiger partial charge is 0.256 e. The Morgan fingerprint density at radius 2 is 1.70 bits per heavy atom. The molecule has 0 spiro atoms. The first kappa shape index (κ1) is 17.7. The Labute approximate surface area is 161 Å². The second-order valence-electron chi connectivity index (χ2n) is 7.55. The zero-order chi connectivity index (χ0) is 18.8. The van der Waals surface area contributed by atoms with Crippen LogP contribution >= 0.6 is 0 Å². The maximum absolute atomic E-state index is 13.0. The molecule has 1 aliphatic heterocycles. The van der Waals surface area contributed by atoms with E-state index in [9.17, 15) is 4.79 Å². The second kappa shape index (κ2) is 7.47. The minimum atomic E-state index is 0.0620. The molecular weight excluding hydrogens is 334 g/mol. The zero-order valence-corrected chi connectivity index (χ0v) is 16.2. The summed E-state index contributed by atoms with van der Waals surface area (Å²) in [4.78, 5) is 17.3. The molecule has 0 bridgehead atoms. The van der Waals surface area contributed by atoms with Crippen LogP contribution in [0.5, 0.6) is 0 Å². The number of amides is 1. The van der Waals surface area contributed by atoms with E-state index < -0.39 is 0 Å². The highest BCUT2D eigenvalue weighted by Gasteiger charge is 2.18. The molecule has 1 fully saturated rings. The molecule has 2 aromatic carbocycles. The first-order chi connectivity index (χ1) is 13.1. The lowest BCUT2D eigenvalue weighted by Crippen LogP contribution is -2.29. The van der Waals surface area contributed by atoms with Crippen LogP contribution in [-0.4, -0.2) is 35.5 Å². The summed E-state index contributed by atoms with van der Waals surface area (Å²) >= 11 is 0. The van der Waals surface area contributed by atoms with Gasteiger partial charge in [-0.1, -0.05) is 30.3 Å². The Hall–Kier alpha value is -2.75. The maximum Gasteiger partial charge on any atom is 0.256 e. The zero-order valence-electron chi connectivity index (χ0n) is 16.2. The van der Waals surface area contributed by atoms with Crippen molar-refractivity contribution in [1.82, 2.24) is 9.47 Å². The molecule has 1 saturated heterocycles. The molecular formula is C23H27N3O. The predicted octanol–water partition coefficient (Wildman–Crippen LogP) is 4.44. The molecule has 3 aromatic rings. The average molecular weight is 361 g/mol. The van der Waals surface area contributed by atoms with Crippen LogP contribution in [0, 0.1) is 0 Å². The van der Waals surface area contributed by atoms with E-state index in [1.54, 1.807) is 4.90 Å². The van der Waals surface area contributed by atoms with Crippen LogP contribution in [-0.2, 0) is 13.6 Å². The van der Waals surface area contributed by atoms with Crippen LogP contribution in [0.1, 0.15) is 35.2 Å². The van der Waals surface area contributed by atoms with Gasteiger partial charge in [0.1, 0.15) is 0 Å². The largest absolute Gasteiger partial charge is 0.372 e. The summed E-state index contributed by atoms with van der Waals surface area (Å²) in [5.41, 5.74) is 4.30. The molecule has 2 heterocycles. The molecule has 4 heteroatoms. The van der Waals surface area contributed by atoms with Crippen LogP contribution in [0.4, 0.5) is 5.69 Å². The SMILES string of the molecule is CN(Cc1ccc(N2CCCCC2)cc1)C(=O)c1cn(C)c2ccccc12. The summed E-state index contributed by atoms with van der Waals surface area (Å²) in [5.74, 6) is 0.0620. The Kier molecular flexibility index (Phi) is 4.88. The number of piperidine rings is 1. The number of aromatic nitrogens is 1. The van der Waals surface area contributed by atoms with Crippen LogP contribution in [0.2, 0.25) is 0 Å². The number of fused-ring (bicyclic) bond motifs is 1. The van der Waals surface area contributed by atoms with E-state index in [0.717, 1.165) is 35.1 Å². The summed E-state index contributed by atoms with van der Waals surface area (Å²) in [7, 11) is 3.86. The van der Waals surface area contributed by atoms with E-state index in [4.69, 9.17) is 0 Å². The van der Waals surface area contributed by atoms with Gasteiger partial charge in [-0.2, -0.15) is 0 Å². The molecule has 0 radical (unpaired) electrons. The maximum atomic E-state index is 13.0. The first-order valence-electron chi connectivity index (χ1n) is 9.77. The van der Waals surface area contributed by atoms with Gasteiger partial charge in [0.15, 0.2) is 0 Å². The lowest BCUT2D eigenvalue weighted by molar-refractivity contribution is 0.0787. The summed E-state index contributed by atoms with van der Waals surface area (Å²) < 4.78 is 2.02. The monoisotopic (exact) mass is 361 g/mol. The van der Waals surface area contributed by atoms with Crippen LogP contribution < -0.4 is 4.90 Å². The van der Waals surface area contributed by atoms with Gasteiger partial charge in [0.05, 0.1) is 5.56 Å². The molecule has 27 heavy (non-hydrogen) atoms. The minimum absolute atomic E-state index is 0.0620. The van der Waals surface area contributed by atoms with E-state index >= 15 is 0 Å². The summed E-state index contributed by atoms with van der Waals surface area (Å²) in [6.07, 6.45) is 5.84. The van der Waals surface area contributed by atoms with Crippen LogP contribution in [0.15, 0.2) is 54.7 Å². The van der Waals surface area contributed by atoms with E-state index in [0.29, 0.717) is 6.54 Å². The van der Waals surface area contributed by atoms with Crippen molar-refractivity contribution < 1.29 is 4.79 Å². The number of benzene rings is 2. The standard InChI is InChI=1S/C23H27N3O/c1-24-17-21(20-8-4-5-9-22(20)24)23(27)25(2)16-18-10-12-19(13-11-18)26-14-6-3-7-15-26/h4-5,8-13,17H,3,6-7,14-16H2,1-2H3. The van der Waals surface area contributed by atoms with Crippen LogP contribution in [0.3, 0.4) is 0 Å². The van der Waals surface area contributed by atoms with Crippen molar-refractivity contribution in [3.8, 4) is 0 Å². The second-order valence-corrected chi connectivity index (χ2v) is 7.55. The molecule has 1 aromatic heterocycles. The van der Waals surface area contributed by atoms with Gasteiger partial charge in [-0.05, 0) is 43.0 Å². The van der Waals surface area contributed by atoms with Crippen LogP contribution in [0.25, 0.3) is 10.9 Å². The fraction of sp³-hybridized carbons (Fsp3) is 0.348. The van der Waals surface area contributed by atoms with E-state index in [1.807, 2.05) is 49.1 Å². The van der Waals surface area contributed by atoms with Gasteiger partial charge < -0.3 is 14.4 Å². The summed E-state index contributed by atoms with van der Waals surface area (Å²) in [5, 5.41) is 1.01. The van der Waals surface area contributed by atoms with Crippen molar-refractivity contribution in [3.05, 3.63) is 65.9 Å². The number of aryl methyl sites for hydroxylation is 1. The third-order valence-corrected chi connectivity index (χ3v) is 5.55. The number of rotatable bonds is 4. The minimum Gasteiger partial charge on any atom is -0.372 e. The highest BCUT2D eigenvalue weighted by molar-refractivity contribution is 6.06. The first-order valence-corrected chi connectivity index (χ1v) is 9.77. The number of hydrogen-bond acceptors (Lipinski definition) is 2. The quantitative estimate of drug-likeness (QED) is 0.687. The normalized spacial score (nSPS) is 14.5. The molecule has 0 N–H and O–H groups in total. The number of hydrogen-bond donors (Lipinski definition) is 0. The summed E-state index contributed by atoms with van der Waals surface area (Å²) in [6.45, 7) is 2.92. The molecule has 0 atom stereocenters. The van der Waals surface area contributed by atoms with Gasteiger partial charge in [0.25, 0.3) is 5.91 Å². The fourth-order valence-corrected chi connectivity index (χ4v) is 4.03. The van der Waals surface area contributed by atoms with Gasteiger partial charge in [-0.15, -0.1) is 0 Å². The topological polar surface area (TPSA) is 28.5 Å². The molecule has 4 rings (SSSR count). The Morgan fingerprint density at radius 1 is 1.00 bits per heavy atom. The van der Waals surface area contributed by atoms with Gasteiger partial charge in [-0.25, -0.2) is 0 Å². The molecule has 1 amide bonds. The molecule has 140 valence electrons.